The second-order valence-corrected chi connectivity index (χ2v) is 7.87. The highest BCUT2D eigenvalue weighted by Gasteiger charge is 2.24. The number of methoxy groups -OCH3 is 3. The zero-order valence-corrected chi connectivity index (χ0v) is 18.5. The Morgan fingerprint density at radius 3 is 2.62 bits per heavy atom. The molecule has 29 heavy (non-hydrogen) atoms. The maximum atomic E-state index is 13.2. The van der Waals surface area contributed by atoms with Crippen LogP contribution in [0.15, 0.2) is 18.2 Å². The van der Waals surface area contributed by atoms with E-state index in [0.29, 0.717) is 38.7 Å². The molecule has 154 valence electrons. The number of fused-ring (bicyclic) bond motifs is 1. The highest BCUT2D eigenvalue weighted by Crippen LogP contribution is 2.36. The number of hydrogen-bond donors (Lipinski definition) is 0. The van der Waals surface area contributed by atoms with Crippen LogP contribution in [0.3, 0.4) is 0 Å². The third-order valence-corrected chi connectivity index (χ3v) is 5.87. The zero-order chi connectivity index (χ0) is 21.1. The molecule has 0 unspecified atom stereocenters. The van der Waals surface area contributed by atoms with Crippen LogP contribution in [0.1, 0.15) is 26.6 Å². The van der Waals surface area contributed by atoms with Gasteiger partial charge in [0.25, 0.3) is 5.91 Å². The van der Waals surface area contributed by atoms with Gasteiger partial charge < -0.3 is 19.1 Å². The standard InChI is InChI=1S/C20H22ClN3O4S/c1-11-16-18(28-5)22-15(10-26-3)23-19(16)29-17(11)20(25)24(2)9-12-8-13(21)6-7-14(12)27-4/h6-8H,9-10H2,1-5H3. The quantitative estimate of drug-likeness (QED) is 0.556. The van der Waals surface area contributed by atoms with Gasteiger partial charge in [-0.25, -0.2) is 4.98 Å². The summed E-state index contributed by atoms with van der Waals surface area (Å²) in [6, 6.07) is 5.34. The number of aromatic nitrogens is 2. The van der Waals surface area contributed by atoms with E-state index in [9.17, 15) is 4.79 Å². The molecule has 0 bridgehead atoms. The van der Waals surface area contributed by atoms with E-state index >= 15 is 0 Å². The van der Waals surface area contributed by atoms with Gasteiger partial charge in [0.15, 0.2) is 5.82 Å². The second kappa shape index (κ2) is 8.94. The lowest BCUT2D eigenvalue weighted by molar-refractivity contribution is 0.0788. The Morgan fingerprint density at radius 2 is 1.97 bits per heavy atom. The number of ether oxygens (including phenoxy) is 3. The molecular formula is C20H22ClN3O4S. The van der Waals surface area contributed by atoms with Crippen LogP contribution in [0.5, 0.6) is 11.6 Å². The molecule has 3 aromatic rings. The Balaban J connectivity index is 1.96. The smallest absolute Gasteiger partial charge is 0.264 e. The van der Waals surface area contributed by atoms with E-state index in [1.807, 2.05) is 6.92 Å². The first-order valence-corrected chi connectivity index (χ1v) is 9.99. The first kappa shape index (κ1) is 21.3. The molecule has 1 aromatic carbocycles. The Labute approximate surface area is 178 Å². The van der Waals surface area contributed by atoms with Crippen molar-refractivity contribution in [2.75, 3.05) is 28.4 Å². The molecule has 3 rings (SSSR count). The fraction of sp³-hybridized carbons (Fsp3) is 0.350. The van der Waals surface area contributed by atoms with E-state index in [1.165, 1.54) is 11.3 Å². The number of benzene rings is 1. The number of nitrogens with zero attached hydrogens (tertiary/aromatic N) is 3. The average molecular weight is 436 g/mol. The first-order chi connectivity index (χ1) is 13.9. The molecule has 7 nitrogen and oxygen atoms in total. The van der Waals surface area contributed by atoms with Gasteiger partial charge in [0.2, 0.25) is 5.88 Å². The van der Waals surface area contributed by atoms with Crippen molar-refractivity contribution in [1.82, 2.24) is 14.9 Å². The predicted molar refractivity (Wildman–Crippen MR) is 113 cm³/mol. The molecule has 2 aromatic heterocycles. The minimum Gasteiger partial charge on any atom is -0.496 e. The number of carbonyl (C=O) groups is 1. The Hall–Kier alpha value is -2.42. The highest BCUT2D eigenvalue weighted by molar-refractivity contribution is 7.20. The molecule has 0 radical (unpaired) electrons. The van der Waals surface area contributed by atoms with Gasteiger partial charge in [0.05, 0.1) is 24.5 Å². The summed E-state index contributed by atoms with van der Waals surface area (Å²) in [5.74, 6) is 1.50. The van der Waals surface area contributed by atoms with Gasteiger partial charge in [0, 0.05) is 31.3 Å². The summed E-state index contributed by atoms with van der Waals surface area (Å²) in [7, 11) is 6.46. The second-order valence-electron chi connectivity index (χ2n) is 6.44. The van der Waals surface area contributed by atoms with Gasteiger partial charge in [-0.05, 0) is 30.7 Å². The van der Waals surface area contributed by atoms with Crippen LogP contribution in [-0.2, 0) is 17.9 Å². The number of carbonyl (C=O) groups excluding carboxylic acids is 1. The minimum absolute atomic E-state index is 0.122. The van der Waals surface area contributed by atoms with Crippen LogP contribution in [-0.4, -0.2) is 49.2 Å². The minimum atomic E-state index is -0.122. The van der Waals surface area contributed by atoms with Gasteiger partial charge >= 0.3 is 0 Å². The molecular weight excluding hydrogens is 414 g/mol. The topological polar surface area (TPSA) is 73.8 Å². The van der Waals surface area contributed by atoms with E-state index < -0.39 is 0 Å². The van der Waals surface area contributed by atoms with Crippen molar-refractivity contribution < 1.29 is 19.0 Å². The zero-order valence-electron chi connectivity index (χ0n) is 16.9. The Morgan fingerprint density at radius 1 is 1.21 bits per heavy atom. The molecule has 0 saturated carbocycles. The molecule has 0 aliphatic heterocycles. The van der Waals surface area contributed by atoms with Crippen LogP contribution in [0.2, 0.25) is 5.02 Å². The summed E-state index contributed by atoms with van der Waals surface area (Å²) >= 11 is 7.43. The lowest BCUT2D eigenvalue weighted by Crippen LogP contribution is -2.26. The number of amides is 1. The summed E-state index contributed by atoms with van der Waals surface area (Å²) in [6.45, 7) is 2.50. The highest BCUT2D eigenvalue weighted by atomic mass is 35.5. The molecule has 1 amide bonds. The third kappa shape index (κ3) is 4.29. The molecule has 0 N–H and O–H groups in total. The Kier molecular flexibility index (Phi) is 6.56. The normalized spacial score (nSPS) is 11.0. The Bertz CT molecular complexity index is 1050. The predicted octanol–water partition coefficient (Wildman–Crippen LogP) is 4.09. The monoisotopic (exact) mass is 435 g/mol. The molecule has 0 fully saturated rings. The lowest BCUT2D eigenvalue weighted by Gasteiger charge is -2.19. The van der Waals surface area contributed by atoms with Gasteiger partial charge in [0.1, 0.15) is 17.2 Å². The number of hydrogen-bond acceptors (Lipinski definition) is 7. The van der Waals surface area contributed by atoms with E-state index in [0.717, 1.165) is 16.5 Å². The molecule has 0 aliphatic rings. The van der Waals surface area contributed by atoms with Crippen LogP contribution in [0.25, 0.3) is 10.2 Å². The maximum Gasteiger partial charge on any atom is 0.264 e. The van der Waals surface area contributed by atoms with E-state index in [2.05, 4.69) is 9.97 Å². The number of rotatable bonds is 7. The summed E-state index contributed by atoms with van der Waals surface area (Å²) < 4.78 is 15.9. The molecule has 2 heterocycles. The molecule has 0 saturated heterocycles. The van der Waals surface area contributed by atoms with Crippen LogP contribution < -0.4 is 9.47 Å². The molecule has 0 spiro atoms. The largest absolute Gasteiger partial charge is 0.496 e. The maximum absolute atomic E-state index is 13.2. The van der Waals surface area contributed by atoms with Crippen molar-refractivity contribution >= 4 is 39.1 Å². The number of halogens is 1. The van der Waals surface area contributed by atoms with Crippen LogP contribution in [0, 0.1) is 6.92 Å². The summed E-state index contributed by atoms with van der Waals surface area (Å²) in [5.41, 5.74) is 1.62. The summed E-state index contributed by atoms with van der Waals surface area (Å²) in [5, 5.41) is 1.33. The fourth-order valence-electron chi connectivity index (χ4n) is 3.06. The van der Waals surface area contributed by atoms with Gasteiger partial charge in [-0.15, -0.1) is 11.3 Å². The van der Waals surface area contributed by atoms with Crippen molar-refractivity contribution in [3.63, 3.8) is 0 Å². The first-order valence-electron chi connectivity index (χ1n) is 8.80. The van der Waals surface area contributed by atoms with Gasteiger partial charge in [-0.3, -0.25) is 4.79 Å². The molecule has 0 atom stereocenters. The number of aryl methyl sites for hydroxylation is 1. The van der Waals surface area contributed by atoms with E-state index in [1.54, 1.807) is 51.5 Å². The molecule has 0 aliphatic carbocycles. The van der Waals surface area contributed by atoms with Crippen molar-refractivity contribution in [3.8, 4) is 11.6 Å². The van der Waals surface area contributed by atoms with E-state index in [4.69, 9.17) is 25.8 Å². The lowest BCUT2D eigenvalue weighted by atomic mass is 10.1. The van der Waals surface area contributed by atoms with Crippen LogP contribution in [0.4, 0.5) is 0 Å². The molecule has 9 heteroatoms. The summed E-state index contributed by atoms with van der Waals surface area (Å²) in [4.78, 5) is 25.0. The van der Waals surface area contributed by atoms with Crippen molar-refractivity contribution in [3.05, 3.63) is 45.1 Å². The van der Waals surface area contributed by atoms with E-state index in [-0.39, 0.29) is 12.5 Å². The van der Waals surface area contributed by atoms with Gasteiger partial charge in [-0.1, -0.05) is 11.6 Å². The van der Waals surface area contributed by atoms with Crippen molar-refractivity contribution in [2.24, 2.45) is 0 Å². The van der Waals surface area contributed by atoms with Crippen molar-refractivity contribution in [2.45, 2.75) is 20.1 Å². The summed E-state index contributed by atoms with van der Waals surface area (Å²) in [6.07, 6.45) is 0. The van der Waals surface area contributed by atoms with Crippen molar-refractivity contribution in [1.29, 1.82) is 0 Å². The van der Waals surface area contributed by atoms with Gasteiger partial charge in [-0.2, -0.15) is 4.98 Å². The SMILES string of the molecule is COCc1nc(OC)c2c(C)c(C(=O)N(C)Cc3cc(Cl)ccc3OC)sc2n1. The van der Waals surface area contributed by atoms with Crippen LogP contribution >= 0.6 is 22.9 Å². The average Bonchev–Trinajstić information content (AvgIpc) is 3.03. The fourth-order valence-corrected chi connectivity index (χ4v) is 4.44. The third-order valence-electron chi connectivity index (χ3n) is 4.46. The number of thiophene rings is 1.